The first kappa shape index (κ1) is 8.52. The molecule has 1 saturated heterocycles. The van der Waals surface area contributed by atoms with E-state index >= 15 is 0 Å². The van der Waals surface area contributed by atoms with Crippen molar-refractivity contribution in [2.45, 2.75) is 44.8 Å². The lowest BCUT2D eigenvalue weighted by Crippen LogP contribution is -2.54. The van der Waals surface area contributed by atoms with Crippen molar-refractivity contribution in [3.05, 3.63) is 0 Å². The van der Waals surface area contributed by atoms with Crippen LogP contribution in [0.2, 0.25) is 0 Å². The maximum atomic E-state index is 5.74. The summed E-state index contributed by atoms with van der Waals surface area (Å²) < 4.78 is 5.74. The zero-order valence-corrected chi connectivity index (χ0v) is 8.10. The molecule has 2 heteroatoms. The zero-order valence-electron chi connectivity index (χ0n) is 8.10. The third kappa shape index (κ3) is 1.80. The van der Waals surface area contributed by atoms with Crippen molar-refractivity contribution in [1.82, 2.24) is 5.32 Å². The van der Waals surface area contributed by atoms with E-state index in [0.717, 1.165) is 19.1 Å². The van der Waals surface area contributed by atoms with Gasteiger partial charge in [-0.2, -0.15) is 0 Å². The van der Waals surface area contributed by atoms with Crippen LogP contribution >= 0.6 is 0 Å². The fraction of sp³-hybridized carbons (Fsp3) is 1.00. The molecule has 2 nitrogen and oxygen atoms in total. The SMILES string of the molecule is CC1(C)OCCNC1CC1CC1. The van der Waals surface area contributed by atoms with E-state index in [1.54, 1.807) is 0 Å². The maximum absolute atomic E-state index is 5.74. The predicted octanol–water partition coefficient (Wildman–Crippen LogP) is 1.55. The average Bonchev–Trinajstić information content (AvgIpc) is 2.77. The molecular formula is C10H19NO. The van der Waals surface area contributed by atoms with Gasteiger partial charge in [0.15, 0.2) is 0 Å². The van der Waals surface area contributed by atoms with Crippen molar-refractivity contribution in [2.24, 2.45) is 5.92 Å². The number of ether oxygens (including phenoxy) is 1. The van der Waals surface area contributed by atoms with Crippen LogP contribution in [0.4, 0.5) is 0 Å². The second-order valence-corrected chi connectivity index (χ2v) is 4.64. The summed E-state index contributed by atoms with van der Waals surface area (Å²) in [6.07, 6.45) is 4.19. The van der Waals surface area contributed by atoms with E-state index in [-0.39, 0.29) is 5.60 Å². The Balaban J connectivity index is 1.90. The van der Waals surface area contributed by atoms with E-state index < -0.39 is 0 Å². The van der Waals surface area contributed by atoms with E-state index in [1.807, 2.05) is 0 Å². The smallest absolute Gasteiger partial charge is 0.0779 e. The number of hydrogen-bond acceptors (Lipinski definition) is 2. The Morgan fingerprint density at radius 1 is 1.42 bits per heavy atom. The summed E-state index contributed by atoms with van der Waals surface area (Å²) in [5.74, 6) is 0.989. The minimum atomic E-state index is 0.0564. The largest absolute Gasteiger partial charge is 0.373 e. The highest BCUT2D eigenvalue weighted by molar-refractivity contribution is 4.92. The Hall–Kier alpha value is -0.0800. The van der Waals surface area contributed by atoms with E-state index in [9.17, 15) is 0 Å². The van der Waals surface area contributed by atoms with Crippen LogP contribution < -0.4 is 5.32 Å². The lowest BCUT2D eigenvalue weighted by molar-refractivity contribution is -0.0739. The molecule has 0 bridgehead atoms. The average molecular weight is 169 g/mol. The first-order valence-corrected chi connectivity index (χ1v) is 5.06. The van der Waals surface area contributed by atoms with Crippen molar-refractivity contribution < 1.29 is 4.74 Å². The molecule has 12 heavy (non-hydrogen) atoms. The number of rotatable bonds is 2. The standard InChI is InChI=1S/C10H19NO/c1-10(2)9(7-8-3-4-8)11-5-6-12-10/h8-9,11H,3-7H2,1-2H3. The molecular weight excluding hydrogens is 150 g/mol. The van der Waals surface area contributed by atoms with Gasteiger partial charge in [0, 0.05) is 12.6 Å². The highest BCUT2D eigenvalue weighted by Crippen LogP contribution is 2.36. The predicted molar refractivity (Wildman–Crippen MR) is 49.2 cm³/mol. The second kappa shape index (κ2) is 3.00. The molecule has 0 aromatic heterocycles. The molecule has 70 valence electrons. The van der Waals surface area contributed by atoms with Gasteiger partial charge in [-0.25, -0.2) is 0 Å². The van der Waals surface area contributed by atoms with E-state index in [4.69, 9.17) is 4.74 Å². The quantitative estimate of drug-likeness (QED) is 0.677. The van der Waals surface area contributed by atoms with Gasteiger partial charge in [-0.15, -0.1) is 0 Å². The molecule has 1 heterocycles. The molecule has 0 amide bonds. The minimum absolute atomic E-state index is 0.0564. The van der Waals surface area contributed by atoms with Gasteiger partial charge >= 0.3 is 0 Å². The summed E-state index contributed by atoms with van der Waals surface area (Å²) in [6.45, 7) is 6.30. The highest BCUT2D eigenvalue weighted by atomic mass is 16.5. The van der Waals surface area contributed by atoms with Crippen LogP contribution in [0.1, 0.15) is 33.1 Å². The molecule has 0 spiro atoms. The summed E-state index contributed by atoms with van der Waals surface area (Å²) in [6, 6.07) is 0.582. The molecule has 1 atom stereocenters. The molecule has 1 saturated carbocycles. The molecule has 0 aromatic rings. The normalized spacial score (nSPS) is 35.0. The van der Waals surface area contributed by atoms with Crippen molar-refractivity contribution in [1.29, 1.82) is 0 Å². The van der Waals surface area contributed by atoms with Crippen LogP contribution in [0.15, 0.2) is 0 Å². The summed E-state index contributed by atoms with van der Waals surface area (Å²) in [7, 11) is 0. The Kier molecular flexibility index (Phi) is 2.13. The third-order valence-corrected chi connectivity index (χ3v) is 3.07. The van der Waals surface area contributed by atoms with Crippen molar-refractivity contribution in [3.8, 4) is 0 Å². The summed E-state index contributed by atoms with van der Waals surface area (Å²) in [4.78, 5) is 0. The molecule has 2 fully saturated rings. The van der Waals surface area contributed by atoms with E-state index in [1.165, 1.54) is 19.3 Å². The zero-order chi connectivity index (χ0) is 8.60. The van der Waals surface area contributed by atoms with Gasteiger partial charge in [0.1, 0.15) is 0 Å². The molecule has 1 unspecified atom stereocenters. The summed E-state index contributed by atoms with van der Waals surface area (Å²) in [5.41, 5.74) is 0.0564. The molecule has 1 aliphatic heterocycles. The Bertz CT molecular complexity index is 163. The van der Waals surface area contributed by atoms with Crippen LogP contribution in [0.25, 0.3) is 0 Å². The fourth-order valence-corrected chi connectivity index (χ4v) is 1.95. The highest BCUT2D eigenvalue weighted by Gasteiger charge is 2.37. The van der Waals surface area contributed by atoms with Crippen molar-refractivity contribution >= 4 is 0 Å². The van der Waals surface area contributed by atoms with Gasteiger partial charge in [-0.1, -0.05) is 12.8 Å². The summed E-state index contributed by atoms with van der Waals surface area (Å²) >= 11 is 0. The fourth-order valence-electron chi connectivity index (χ4n) is 1.95. The molecule has 0 radical (unpaired) electrons. The molecule has 2 aliphatic rings. The van der Waals surface area contributed by atoms with Gasteiger partial charge in [0.2, 0.25) is 0 Å². The molecule has 1 aliphatic carbocycles. The van der Waals surface area contributed by atoms with Gasteiger partial charge in [-0.05, 0) is 26.2 Å². The van der Waals surface area contributed by atoms with Gasteiger partial charge < -0.3 is 10.1 Å². The van der Waals surface area contributed by atoms with Crippen LogP contribution in [0.3, 0.4) is 0 Å². The van der Waals surface area contributed by atoms with Crippen LogP contribution in [-0.2, 0) is 4.74 Å². The van der Waals surface area contributed by atoms with Crippen LogP contribution in [0.5, 0.6) is 0 Å². The molecule has 2 rings (SSSR count). The van der Waals surface area contributed by atoms with Crippen molar-refractivity contribution in [3.63, 3.8) is 0 Å². The lowest BCUT2D eigenvalue weighted by atomic mass is 9.92. The minimum Gasteiger partial charge on any atom is -0.373 e. The number of nitrogens with one attached hydrogen (secondary N) is 1. The first-order valence-electron chi connectivity index (χ1n) is 5.06. The maximum Gasteiger partial charge on any atom is 0.0779 e. The van der Waals surface area contributed by atoms with Gasteiger partial charge in [0.05, 0.1) is 12.2 Å². The molecule has 1 N–H and O–H groups in total. The monoisotopic (exact) mass is 169 g/mol. The third-order valence-electron chi connectivity index (χ3n) is 3.07. The number of hydrogen-bond donors (Lipinski definition) is 1. The molecule has 0 aromatic carbocycles. The Morgan fingerprint density at radius 3 is 2.75 bits per heavy atom. The Morgan fingerprint density at radius 2 is 2.17 bits per heavy atom. The Labute approximate surface area is 74.7 Å². The topological polar surface area (TPSA) is 21.3 Å². The second-order valence-electron chi connectivity index (χ2n) is 4.64. The van der Waals surface area contributed by atoms with E-state index in [0.29, 0.717) is 6.04 Å². The van der Waals surface area contributed by atoms with Crippen molar-refractivity contribution in [2.75, 3.05) is 13.2 Å². The summed E-state index contributed by atoms with van der Waals surface area (Å²) in [5, 5.41) is 3.56. The first-order chi connectivity index (χ1) is 5.68. The van der Waals surface area contributed by atoms with Crippen LogP contribution in [-0.4, -0.2) is 24.8 Å². The van der Waals surface area contributed by atoms with Crippen LogP contribution in [0, 0.1) is 5.92 Å². The van der Waals surface area contributed by atoms with Gasteiger partial charge in [0.25, 0.3) is 0 Å². The number of morpholine rings is 1. The van der Waals surface area contributed by atoms with Gasteiger partial charge in [-0.3, -0.25) is 0 Å². The van der Waals surface area contributed by atoms with E-state index in [2.05, 4.69) is 19.2 Å². The lowest BCUT2D eigenvalue weighted by Gasteiger charge is -2.39.